The van der Waals surface area contributed by atoms with Gasteiger partial charge in [0.1, 0.15) is 10.0 Å². The number of rotatable bonds is 1. The van der Waals surface area contributed by atoms with Gasteiger partial charge < -0.3 is 10.2 Å². The molecule has 0 atom stereocenters. The van der Waals surface area contributed by atoms with E-state index >= 15 is 0 Å². The van der Waals surface area contributed by atoms with Crippen LogP contribution in [0.15, 0.2) is 0 Å². The zero-order valence-electron chi connectivity index (χ0n) is 7.71. The highest BCUT2D eigenvalue weighted by molar-refractivity contribution is 6.55. The van der Waals surface area contributed by atoms with Gasteiger partial charge in [-0.3, -0.25) is 4.79 Å². The van der Waals surface area contributed by atoms with Gasteiger partial charge in [-0.05, 0) is 0 Å². The van der Waals surface area contributed by atoms with Crippen molar-refractivity contribution in [2.24, 2.45) is 0 Å². The third-order valence-corrected chi connectivity index (χ3v) is 3.66. The maximum Gasteiger partial charge on any atom is 0.308 e. The second kappa shape index (κ2) is 6.15. The molecule has 1 rings (SSSR count). The fraction of sp³-hybridized carbons (Fsp3) is 0.125. The molecule has 0 bridgehead atoms. The topological polar surface area (TPSA) is 57.8 Å². The Bertz CT molecular complexity index is 403. The van der Waals surface area contributed by atoms with E-state index in [2.05, 4.69) is 0 Å². The van der Waals surface area contributed by atoms with Crippen LogP contribution in [0.3, 0.4) is 0 Å². The molecule has 0 aliphatic carbocycles. The number of benzene rings is 1. The van der Waals surface area contributed by atoms with E-state index in [9.17, 15) is 4.79 Å². The fourth-order valence-corrected chi connectivity index (χ4v) is 2.02. The number of hydrogen-bond donors (Lipinski definition) is 0. The molecule has 0 heterocycles. The van der Waals surface area contributed by atoms with E-state index in [0.717, 1.165) is 0 Å². The van der Waals surface area contributed by atoms with Gasteiger partial charge >= 0.3 is 5.97 Å². The van der Waals surface area contributed by atoms with Crippen LogP contribution in [0.2, 0.25) is 25.1 Å². The summed E-state index contributed by atoms with van der Waals surface area (Å²) in [7, 11) is 0. The third kappa shape index (κ3) is 3.06. The Balaban J connectivity index is 0.00000225. The minimum atomic E-state index is -0.590. The van der Waals surface area contributed by atoms with Crippen molar-refractivity contribution in [1.29, 1.82) is 0 Å². The van der Waals surface area contributed by atoms with Crippen LogP contribution in [0.25, 0.3) is 0 Å². The molecule has 1 aromatic rings. The summed E-state index contributed by atoms with van der Waals surface area (Å²) in [5.74, 6) is -0.682. The molecule has 16 heavy (non-hydrogen) atoms. The second-order valence-corrected chi connectivity index (χ2v) is 4.38. The van der Waals surface area contributed by atoms with E-state index in [4.69, 9.17) is 62.7 Å². The highest BCUT2D eigenvalue weighted by Crippen LogP contribution is 2.48. The molecule has 0 unspecified atom stereocenters. The van der Waals surface area contributed by atoms with Gasteiger partial charge in [0.05, 0.1) is 15.1 Å². The molecule has 0 aromatic heterocycles. The average molecular weight is 326 g/mol. The number of esters is 1. The number of hydrogen-bond acceptors (Lipinski definition) is 2. The van der Waals surface area contributed by atoms with Crippen LogP contribution < -0.4 is 4.74 Å². The second-order valence-electron chi connectivity index (χ2n) is 2.49. The lowest BCUT2D eigenvalue weighted by atomic mass is 10.3. The fourth-order valence-electron chi connectivity index (χ4n) is 0.818. The maximum absolute atomic E-state index is 10.8. The highest BCUT2D eigenvalue weighted by atomic mass is 35.5. The molecular formula is C8H5Cl5O3. The SMILES string of the molecule is CC(=O)Oc1c(Cl)c(Cl)c(Cl)c(Cl)c1Cl.O. The van der Waals surface area contributed by atoms with Crippen LogP contribution in [0.4, 0.5) is 0 Å². The predicted octanol–water partition coefficient (Wildman–Crippen LogP) is 4.05. The standard InChI is InChI=1S/C8H3Cl5O2.H2O/c1-2(14)15-8-6(12)4(10)3(9)5(11)7(8)13;/h1H3;1H2. The highest BCUT2D eigenvalue weighted by Gasteiger charge is 2.21. The summed E-state index contributed by atoms with van der Waals surface area (Å²) < 4.78 is 4.76. The molecule has 0 saturated carbocycles. The average Bonchev–Trinajstić information content (AvgIpc) is 2.18. The summed E-state index contributed by atoms with van der Waals surface area (Å²) in [5, 5.41) is -0.102. The lowest BCUT2D eigenvalue weighted by Crippen LogP contribution is -2.03. The van der Waals surface area contributed by atoms with Gasteiger partial charge in [-0.2, -0.15) is 0 Å². The van der Waals surface area contributed by atoms with Crippen LogP contribution in [0.1, 0.15) is 6.92 Å². The Labute approximate surface area is 116 Å². The Hall–Kier alpha value is 0.1000. The molecule has 3 nitrogen and oxygen atoms in total. The van der Waals surface area contributed by atoms with Gasteiger partial charge in [0.2, 0.25) is 0 Å². The maximum atomic E-state index is 10.8. The Morgan fingerprint density at radius 3 is 1.50 bits per heavy atom. The van der Waals surface area contributed by atoms with Gasteiger partial charge in [0.25, 0.3) is 0 Å². The van der Waals surface area contributed by atoms with Crippen LogP contribution >= 0.6 is 58.0 Å². The van der Waals surface area contributed by atoms with E-state index in [1.165, 1.54) is 6.92 Å². The summed E-state index contributed by atoms with van der Waals surface area (Å²) in [5.41, 5.74) is 0. The molecule has 0 fully saturated rings. The molecule has 0 spiro atoms. The van der Waals surface area contributed by atoms with Gasteiger partial charge in [-0.15, -0.1) is 0 Å². The quantitative estimate of drug-likeness (QED) is 0.338. The molecule has 0 aliphatic rings. The van der Waals surface area contributed by atoms with Crippen molar-refractivity contribution in [3.8, 4) is 5.75 Å². The largest absolute Gasteiger partial charge is 0.423 e. The molecule has 8 heteroatoms. The molecule has 2 N–H and O–H groups in total. The van der Waals surface area contributed by atoms with Crippen LogP contribution in [-0.4, -0.2) is 11.4 Å². The molecule has 0 saturated heterocycles. The Morgan fingerprint density at radius 1 is 0.875 bits per heavy atom. The summed E-state index contributed by atoms with van der Waals surface area (Å²) in [4.78, 5) is 10.8. The van der Waals surface area contributed by atoms with E-state index in [1.54, 1.807) is 0 Å². The van der Waals surface area contributed by atoms with Crippen molar-refractivity contribution in [3.05, 3.63) is 25.1 Å². The van der Waals surface area contributed by atoms with Crippen molar-refractivity contribution in [3.63, 3.8) is 0 Å². The zero-order valence-corrected chi connectivity index (χ0v) is 11.5. The lowest BCUT2D eigenvalue weighted by Gasteiger charge is -2.10. The Morgan fingerprint density at radius 2 is 1.19 bits per heavy atom. The molecule has 0 radical (unpaired) electrons. The van der Waals surface area contributed by atoms with E-state index in [-0.39, 0.29) is 36.3 Å². The first kappa shape index (κ1) is 16.1. The van der Waals surface area contributed by atoms with Crippen molar-refractivity contribution in [1.82, 2.24) is 0 Å². The first-order valence-electron chi connectivity index (χ1n) is 3.56. The molecule has 0 amide bonds. The first-order chi connectivity index (χ1) is 6.86. The smallest absolute Gasteiger partial charge is 0.308 e. The van der Waals surface area contributed by atoms with Gasteiger partial charge in [0, 0.05) is 6.92 Å². The minimum absolute atomic E-state index is 0. The van der Waals surface area contributed by atoms with Crippen molar-refractivity contribution in [2.75, 3.05) is 0 Å². The Kier molecular flexibility index (Phi) is 6.18. The van der Waals surface area contributed by atoms with Crippen molar-refractivity contribution in [2.45, 2.75) is 6.92 Å². The van der Waals surface area contributed by atoms with E-state index < -0.39 is 5.97 Å². The number of ether oxygens (including phenoxy) is 1. The molecule has 90 valence electrons. The van der Waals surface area contributed by atoms with E-state index in [0.29, 0.717) is 0 Å². The summed E-state index contributed by atoms with van der Waals surface area (Å²) >= 11 is 28.8. The normalized spacial score (nSPS) is 9.62. The number of halogens is 5. The van der Waals surface area contributed by atoms with Crippen LogP contribution in [0, 0.1) is 0 Å². The number of carbonyl (C=O) groups excluding carboxylic acids is 1. The predicted molar refractivity (Wildman–Crippen MR) is 66.4 cm³/mol. The van der Waals surface area contributed by atoms with Crippen molar-refractivity contribution < 1.29 is 15.0 Å². The summed E-state index contributed by atoms with van der Waals surface area (Å²) in [6, 6.07) is 0. The van der Waals surface area contributed by atoms with Gasteiger partial charge in [-0.1, -0.05) is 58.0 Å². The lowest BCUT2D eigenvalue weighted by molar-refractivity contribution is -0.131. The van der Waals surface area contributed by atoms with E-state index in [1.807, 2.05) is 0 Å². The molecule has 0 aliphatic heterocycles. The third-order valence-electron chi connectivity index (χ3n) is 1.42. The zero-order chi connectivity index (χ0) is 11.7. The summed E-state index contributed by atoms with van der Waals surface area (Å²) in [6.45, 7) is 1.20. The first-order valence-corrected chi connectivity index (χ1v) is 5.45. The molecular weight excluding hydrogens is 321 g/mol. The summed E-state index contributed by atoms with van der Waals surface area (Å²) in [6.07, 6.45) is 0. The monoisotopic (exact) mass is 324 g/mol. The van der Waals surface area contributed by atoms with Crippen LogP contribution in [-0.2, 0) is 4.79 Å². The van der Waals surface area contributed by atoms with Crippen LogP contribution in [0.5, 0.6) is 5.75 Å². The van der Waals surface area contributed by atoms with Crippen molar-refractivity contribution >= 4 is 64.0 Å². The van der Waals surface area contributed by atoms with Gasteiger partial charge in [-0.25, -0.2) is 0 Å². The number of carbonyl (C=O) groups is 1. The van der Waals surface area contributed by atoms with Gasteiger partial charge in [0.15, 0.2) is 5.75 Å². The minimum Gasteiger partial charge on any atom is -0.423 e. The molecule has 1 aromatic carbocycles.